The Bertz CT molecular complexity index is 341. The standard InChI is InChI=1S/C6H6N2O4/c1-2-3(6(10)11)8-5(12-2)4(7)9/h1H3,(H2,7,9)(H,10,11). The number of amides is 1. The van der Waals surface area contributed by atoms with Crippen molar-refractivity contribution in [1.82, 2.24) is 4.98 Å². The van der Waals surface area contributed by atoms with Gasteiger partial charge in [-0.3, -0.25) is 4.79 Å². The first-order chi connectivity index (χ1) is 5.52. The van der Waals surface area contributed by atoms with E-state index in [9.17, 15) is 9.59 Å². The maximum absolute atomic E-state index is 10.5. The van der Waals surface area contributed by atoms with Gasteiger partial charge in [0, 0.05) is 0 Å². The van der Waals surface area contributed by atoms with Crippen molar-refractivity contribution in [2.24, 2.45) is 5.73 Å². The Morgan fingerprint density at radius 1 is 1.58 bits per heavy atom. The summed E-state index contributed by atoms with van der Waals surface area (Å²) >= 11 is 0. The van der Waals surface area contributed by atoms with Gasteiger partial charge in [-0.15, -0.1) is 0 Å². The summed E-state index contributed by atoms with van der Waals surface area (Å²) in [5.41, 5.74) is 4.52. The van der Waals surface area contributed by atoms with Gasteiger partial charge in [0.25, 0.3) is 5.89 Å². The summed E-state index contributed by atoms with van der Waals surface area (Å²) in [4.78, 5) is 24.2. The zero-order chi connectivity index (χ0) is 9.30. The van der Waals surface area contributed by atoms with E-state index >= 15 is 0 Å². The Morgan fingerprint density at radius 3 is 2.42 bits per heavy atom. The van der Waals surface area contributed by atoms with E-state index in [1.165, 1.54) is 6.92 Å². The fraction of sp³-hybridized carbons (Fsp3) is 0.167. The van der Waals surface area contributed by atoms with Crippen LogP contribution in [0.5, 0.6) is 0 Å². The molecule has 0 bridgehead atoms. The highest BCUT2D eigenvalue weighted by Gasteiger charge is 2.18. The zero-order valence-corrected chi connectivity index (χ0v) is 6.20. The molecule has 0 unspecified atom stereocenters. The van der Waals surface area contributed by atoms with Gasteiger partial charge >= 0.3 is 11.9 Å². The first-order valence-electron chi connectivity index (χ1n) is 3.03. The summed E-state index contributed by atoms with van der Waals surface area (Å²) in [7, 11) is 0. The lowest BCUT2D eigenvalue weighted by atomic mass is 10.4. The van der Waals surface area contributed by atoms with Gasteiger partial charge in [0.1, 0.15) is 5.76 Å². The molecular formula is C6H6N2O4. The van der Waals surface area contributed by atoms with Crippen LogP contribution in [0.1, 0.15) is 26.9 Å². The van der Waals surface area contributed by atoms with Crippen LogP contribution in [0.3, 0.4) is 0 Å². The van der Waals surface area contributed by atoms with E-state index in [2.05, 4.69) is 9.40 Å². The van der Waals surface area contributed by atoms with Crippen LogP contribution in [-0.2, 0) is 0 Å². The molecule has 0 fully saturated rings. The normalized spacial score (nSPS) is 9.75. The van der Waals surface area contributed by atoms with Crippen molar-refractivity contribution in [3.8, 4) is 0 Å². The molecule has 1 heterocycles. The number of carbonyl (C=O) groups is 2. The topological polar surface area (TPSA) is 106 Å². The average Bonchev–Trinajstić information content (AvgIpc) is 2.30. The van der Waals surface area contributed by atoms with Crippen molar-refractivity contribution in [1.29, 1.82) is 0 Å². The number of oxazole rings is 1. The number of nitrogens with zero attached hydrogens (tertiary/aromatic N) is 1. The summed E-state index contributed by atoms with van der Waals surface area (Å²) in [5.74, 6) is -2.45. The van der Waals surface area contributed by atoms with E-state index in [4.69, 9.17) is 10.8 Å². The molecule has 1 aromatic rings. The maximum atomic E-state index is 10.5. The molecule has 0 atom stereocenters. The molecule has 0 radical (unpaired) electrons. The third-order valence-corrected chi connectivity index (χ3v) is 1.21. The molecule has 1 rings (SSSR count). The van der Waals surface area contributed by atoms with Crippen molar-refractivity contribution in [2.45, 2.75) is 6.92 Å². The van der Waals surface area contributed by atoms with Crippen LogP contribution in [-0.4, -0.2) is 22.0 Å². The third kappa shape index (κ3) is 1.26. The highest BCUT2D eigenvalue weighted by molar-refractivity contribution is 5.91. The van der Waals surface area contributed by atoms with Crippen molar-refractivity contribution in [3.05, 3.63) is 17.3 Å². The number of nitrogens with two attached hydrogens (primary N) is 1. The fourth-order valence-corrected chi connectivity index (χ4v) is 0.700. The number of aromatic carboxylic acids is 1. The Hall–Kier alpha value is -1.85. The Balaban J connectivity index is 3.17. The molecular weight excluding hydrogens is 164 g/mol. The van der Waals surface area contributed by atoms with Gasteiger partial charge in [0.15, 0.2) is 5.69 Å². The molecule has 0 aliphatic heterocycles. The molecule has 0 saturated carbocycles. The molecule has 64 valence electrons. The van der Waals surface area contributed by atoms with Crippen LogP contribution in [0.4, 0.5) is 0 Å². The van der Waals surface area contributed by atoms with Crippen molar-refractivity contribution in [2.75, 3.05) is 0 Å². The number of carbonyl (C=O) groups excluding carboxylic acids is 1. The van der Waals surface area contributed by atoms with Gasteiger partial charge in [-0.05, 0) is 6.92 Å². The largest absolute Gasteiger partial charge is 0.476 e. The molecule has 0 aliphatic carbocycles. The summed E-state index contributed by atoms with van der Waals surface area (Å²) < 4.78 is 4.67. The first-order valence-corrected chi connectivity index (χ1v) is 3.03. The van der Waals surface area contributed by atoms with Crippen LogP contribution in [0.2, 0.25) is 0 Å². The summed E-state index contributed by atoms with van der Waals surface area (Å²) in [6.07, 6.45) is 0. The van der Waals surface area contributed by atoms with Crippen molar-refractivity contribution < 1.29 is 19.1 Å². The highest BCUT2D eigenvalue weighted by Crippen LogP contribution is 2.08. The van der Waals surface area contributed by atoms with E-state index in [1.54, 1.807) is 0 Å². The number of hydrogen-bond donors (Lipinski definition) is 2. The second-order valence-corrected chi connectivity index (χ2v) is 2.09. The summed E-state index contributed by atoms with van der Waals surface area (Å²) in [5, 5.41) is 8.49. The summed E-state index contributed by atoms with van der Waals surface area (Å²) in [6, 6.07) is 0. The number of rotatable bonds is 2. The Labute approximate surface area is 67.0 Å². The number of hydrogen-bond acceptors (Lipinski definition) is 4. The quantitative estimate of drug-likeness (QED) is 0.638. The molecule has 1 amide bonds. The molecule has 6 nitrogen and oxygen atoms in total. The Morgan fingerprint density at radius 2 is 2.17 bits per heavy atom. The number of aryl methyl sites for hydroxylation is 1. The minimum atomic E-state index is -1.25. The number of primary amides is 1. The van der Waals surface area contributed by atoms with E-state index in [0.717, 1.165) is 0 Å². The molecule has 0 aliphatic rings. The van der Waals surface area contributed by atoms with Gasteiger partial charge < -0.3 is 15.3 Å². The molecule has 6 heteroatoms. The SMILES string of the molecule is Cc1oc(C(N)=O)nc1C(=O)O. The minimum absolute atomic E-state index is 0.0660. The van der Waals surface area contributed by atoms with Crippen molar-refractivity contribution >= 4 is 11.9 Å². The Kier molecular flexibility index (Phi) is 1.82. The lowest BCUT2D eigenvalue weighted by Crippen LogP contribution is -2.11. The first kappa shape index (κ1) is 8.25. The van der Waals surface area contributed by atoms with E-state index in [1.807, 2.05) is 0 Å². The third-order valence-electron chi connectivity index (χ3n) is 1.21. The lowest BCUT2D eigenvalue weighted by molar-refractivity contribution is 0.0689. The monoisotopic (exact) mass is 170 g/mol. The van der Waals surface area contributed by atoms with Crippen LogP contribution in [0.25, 0.3) is 0 Å². The summed E-state index contributed by atoms with van der Waals surface area (Å²) in [6.45, 7) is 1.39. The van der Waals surface area contributed by atoms with Gasteiger partial charge in [-0.2, -0.15) is 4.98 Å². The second-order valence-electron chi connectivity index (χ2n) is 2.09. The molecule has 0 aromatic carbocycles. The van der Waals surface area contributed by atoms with Crippen LogP contribution in [0, 0.1) is 6.92 Å². The van der Waals surface area contributed by atoms with Crippen LogP contribution in [0.15, 0.2) is 4.42 Å². The molecule has 12 heavy (non-hydrogen) atoms. The van der Waals surface area contributed by atoms with Crippen LogP contribution >= 0.6 is 0 Å². The van der Waals surface area contributed by atoms with E-state index in [0.29, 0.717) is 0 Å². The molecule has 3 N–H and O–H groups in total. The molecule has 1 aromatic heterocycles. The molecule has 0 saturated heterocycles. The van der Waals surface area contributed by atoms with Gasteiger partial charge in [0.05, 0.1) is 0 Å². The fourth-order valence-electron chi connectivity index (χ4n) is 0.700. The van der Waals surface area contributed by atoms with Crippen LogP contribution < -0.4 is 5.73 Å². The van der Waals surface area contributed by atoms with E-state index in [-0.39, 0.29) is 17.3 Å². The average molecular weight is 170 g/mol. The lowest BCUT2D eigenvalue weighted by Gasteiger charge is -1.82. The number of carboxylic acids is 1. The van der Waals surface area contributed by atoms with Gasteiger partial charge in [-0.25, -0.2) is 4.79 Å². The van der Waals surface area contributed by atoms with Crippen molar-refractivity contribution in [3.63, 3.8) is 0 Å². The molecule has 0 spiro atoms. The smallest absolute Gasteiger partial charge is 0.358 e. The number of aromatic nitrogens is 1. The highest BCUT2D eigenvalue weighted by atomic mass is 16.4. The van der Waals surface area contributed by atoms with Gasteiger partial charge in [0.2, 0.25) is 0 Å². The second kappa shape index (κ2) is 2.65. The predicted molar refractivity (Wildman–Crippen MR) is 36.7 cm³/mol. The zero-order valence-electron chi connectivity index (χ0n) is 6.20. The minimum Gasteiger partial charge on any atom is -0.476 e. The maximum Gasteiger partial charge on any atom is 0.358 e. The number of carboxylic acid groups (broad SMARTS) is 1. The van der Waals surface area contributed by atoms with E-state index < -0.39 is 11.9 Å². The van der Waals surface area contributed by atoms with Gasteiger partial charge in [-0.1, -0.05) is 0 Å². The predicted octanol–water partition coefficient (Wildman–Crippen LogP) is -0.220.